The van der Waals surface area contributed by atoms with Crippen molar-refractivity contribution < 1.29 is 0 Å². The molecule has 1 aliphatic rings. The van der Waals surface area contributed by atoms with Crippen LogP contribution < -0.4 is 5.32 Å². The predicted molar refractivity (Wildman–Crippen MR) is 85.2 cm³/mol. The van der Waals surface area contributed by atoms with Gasteiger partial charge in [0.1, 0.15) is 0 Å². The van der Waals surface area contributed by atoms with Crippen LogP contribution in [0.4, 0.5) is 0 Å². The molecule has 0 aromatic heterocycles. The fraction of sp³-hybridized carbons (Fsp3) is 0.571. The van der Waals surface area contributed by atoms with E-state index in [1.165, 1.54) is 39.3 Å². The summed E-state index contributed by atoms with van der Waals surface area (Å²) in [5.41, 5.74) is 1.45. The fourth-order valence-electron chi connectivity index (χ4n) is 2.20. The van der Waals surface area contributed by atoms with Crippen molar-refractivity contribution in [2.75, 3.05) is 6.54 Å². The van der Waals surface area contributed by atoms with Crippen LogP contribution in [0.2, 0.25) is 0 Å². The first-order valence-electron chi connectivity index (χ1n) is 6.39. The normalized spacial score (nSPS) is 17.1. The molecule has 1 aromatic rings. The van der Waals surface area contributed by atoms with Crippen molar-refractivity contribution in [3.8, 4) is 0 Å². The summed E-state index contributed by atoms with van der Waals surface area (Å²) in [6.45, 7) is 3.23. The van der Waals surface area contributed by atoms with Crippen molar-refractivity contribution in [3.63, 3.8) is 0 Å². The zero-order valence-electron chi connectivity index (χ0n) is 10.2. The van der Waals surface area contributed by atoms with E-state index in [2.05, 4.69) is 69.0 Å². The van der Waals surface area contributed by atoms with E-state index in [1.807, 2.05) is 0 Å². The molecule has 1 unspecified atom stereocenters. The first kappa shape index (κ1) is 13.8. The van der Waals surface area contributed by atoms with E-state index in [0.717, 1.165) is 12.5 Å². The number of nitrogens with one attached hydrogen (secondary N) is 1. The van der Waals surface area contributed by atoms with E-state index in [0.29, 0.717) is 6.04 Å². The lowest BCUT2D eigenvalue weighted by Gasteiger charge is -2.20. The van der Waals surface area contributed by atoms with Gasteiger partial charge in [-0.2, -0.15) is 0 Å². The maximum Gasteiger partial charge on any atom is 0.0331 e. The van der Waals surface area contributed by atoms with Crippen LogP contribution >= 0.6 is 38.5 Å². The summed E-state index contributed by atoms with van der Waals surface area (Å²) in [6, 6.07) is 7.10. The van der Waals surface area contributed by atoms with E-state index >= 15 is 0 Å². The fourth-order valence-corrected chi connectivity index (χ4v) is 3.29. The van der Waals surface area contributed by atoms with Gasteiger partial charge in [0.15, 0.2) is 0 Å². The van der Waals surface area contributed by atoms with Gasteiger partial charge in [-0.1, -0.05) is 35.7 Å². The maximum absolute atomic E-state index is 3.62. The number of hydrogen-bond acceptors (Lipinski definition) is 1. The molecule has 17 heavy (non-hydrogen) atoms. The molecule has 0 heterocycles. The van der Waals surface area contributed by atoms with E-state index in [-0.39, 0.29) is 0 Å². The summed E-state index contributed by atoms with van der Waals surface area (Å²) in [4.78, 5) is 0. The van der Waals surface area contributed by atoms with Gasteiger partial charge >= 0.3 is 0 Å². The van der Waals surface area contributed by atoms with Gasteiger partial charge in [0, 0.05) is 14.1 Å². The predicted octanol–water partition coefficient (Wildman–Crippen LogP) is 4.89. The molecular weight excluding hydrogens is 389 g/mol. The zero-order chi connectivity index (χ0) is 12.3. The molecular formula is C14H19BrIN. The van der Waals surface area contributed by atoms with Crippen molar-refractivity contribution in [3.05, 3.63) is 31.8 Å². The molecule has 1 atom stereocenters. The van der Waals surface area contributed by atoms with Gasteiger partial charge in [-0.05, 0) is 71.7 Å². The Balaban J connectivity index is 2.08. The second kappa shape index (κ2) is 6.53. The number of benzene rings is 1. The molecule has 2 rings (SSSR count). The molecule has 0 bridgehead atoms. The highest BCUT2D eigenvalue weighted by Crippen LogP contribution is 2.36. The van der Waals surface area contributed by atoms with Gasteiger partial charge in [0.25, 0.3) is 0 Å². The molecule has 0 spiro atoms. The third-order valence-corrected chi connectivity index (χ3v) is 4.82. The summed E-state index contributed by atoms with van der Waals surface area (Å²) in [7, 11) is 0. The van der Waals surface area contributed by atoms with Gasteiger partial charge in [-0.25, -0.2) is 0 Å². The molecule has 0 saturated heterocycles. The van der Waals surface area contributed by atoms with Crippen LogP contribution in [0.1, 0.15) is 44.2 Å². The van der Waals surface area contributed by atoms with E-state index < -0.39 is 0 Å². The minimum absolute atomic E-state index is 0.519. The Morgan fingerprint density at radius 2 is 2.24 bits per heavy atom. The molecule has 3 heteroatoms. The van der Waals surface area contributed by atoms with Crippen LogP contribution in [0.25, 0.3) is 0 Å². The molecule has 1 N–H and O–H groups in total. The molecule has 0 radical (unpaired) electrons. The molecule has 0 amide bonds. The van der Waals surface area contributed by atoms with Crippen LogP contribution in [-0.2, 0) is 0 Å². The summed E-state index contributed by atoms with van der Waals surface area (Å²) in [6.07, 6.45) is 5.55. The average Bonchev–Trinajstić information content (AvgIpc) is 3.12. The van der Waals surface area contributed by atoms with E-state index in [1.54, 1.807) is 0 Å². The van der Waals surface area contributed by atoms with Gasteiger partial charge in [-0.3, -0.25) is 0 Å². The minimum Gasteiger partial charge on any atom is -0.310 e. The number of halogens is 2. The highest BCUT2D eigenvalue weighted by Gasteiger charge is 2.23. The Labute approximate surface area is 126 Å². The van der Waals surface area contributed by atoms with Crippen LogP contribution in [0.5, 0.6) is 0 Å². The molecule has 1 saturated carbocycles. The summed E-state index contributed by atoms with van der Waals surface area (Å²) in [5, 5.41) is 3.62. The highest BCUT2D eigenvalue weighted by atomic mass is 127. The lowest BCUT2D eigenvalue weighted by molar-refractivity contribution is 0.480. The lowest BCUT2D eigenvalue weighted by Crippen LogP contribution is -2.22. The van der Waals surface area contributed by atoms with Gasteiger partial charge in [0.2, 0.25) is 0 Å². The maximum atomic E-state index is 3.62. The Morgan fingerprint density at radius 3 is 2.88 bits per heavy atom. The first-order valence-corrected chi connectivity index (χ1v) is 8.26. The number of rotatable bonds is 6. The van der Waals surface area contributed by atoms with E-state index in [9.17, 15) is 0 Å². The second-order valence-corrected chi connectivity index (χ2v) is 6.87. The van der Waals surface area contributed by atoms with Crippen molar-refractivity contribution in [2.45, 2.75) is 38.6 Å². The Bertz CT molecular complexity index is 376. The van der Waals surface area contributed by atoms with Crippen molar-refractivity contribution in [2.24, 2.45) is 5.92 Å². The minimum atomic E-state index is 0.519. The quantitative estimate of drug-likeness (QED) is 0.661. The highest BCUT2D eigenvalue weighted by molar-refractivity contribution is 14.1. The number of hydrogen-bond donors (Lipinski definition) is 1. The zero-order valence-corrected chi connectivity index (χ0v) is 13.9. The van der Waals surface area contributed by atoms with Crippen LogP contribution in [-0.4, -0.2) is 6.54 Å². The molecule has 1 aromatic carbocycles. The third-order valence-electron chi connectivity index (χ3n) is 3.34. The average molecular weight is 408 g/mol. The summed E-state index contributed by atoms with van der Waals surface area (Å²) < 4.78 is 2.55. The monoisotopic (exact) mass is 407 g/mol. The molecule has 1 fully saturated rings. The van der Waals surface area contributed by atoms with Crippen LogP contribution in [0, 0.1) is 9.49 Å². The van der Waals surface area contributed by atoms with Crippen molar-refractivity contribution >= 4 is 38.5 Å². The molecule has 0 aliphatic heterocycles. The molecule has 1 aliphatic carbocycles. The summed E-state index contributed by atoms with van der Waals surface area (Å²) >= 11 is 6.02. The van der Waals surface area contributed by atoms with Crippen molar-refractivity contribution in [1.82, 2.24) is 5.32 Å². The van der Waals surface area contributed by atoms with Gasteiger partial charge in [0.05, 0.1) is 0 Å². The van der Waals surface area contributed by atoms with Crippen LogP contribution in [0.3, 0.4) is 0 Å². The summed E-state index contributed by atoms with van der Waals surface area (Å²) in [5.74, 6) is 1.01. The molecule has 94 valence electrons. The van der Waals surface area contributed by atoms with Crippen molar-refractivity contribution in [1.29, 1.82) is 0 Å². The lowest BCUT2D eigenvalue weighted by atomic mass is 10.0. The standard InChI is InChI=1S/C14H19BrIN/c1-2-17-14(8-5-10-3-4-10)12-9-11(15)6-7-13(12)16/h6-7,9-10,14,17H,2-5,8H2,1H3. The van der Waals surface area contributed by atoms with Gasteiger partial charge < -0.3 is 5.32 Å². The topological polar surface area (TPSA) is 12.0 Å². The smallest absolute Gasteiger partial charge is 0.0331 e. The Morgan fingerprint density at radius 1 is 1.47 bits per heavy atom. The third kappa shape index (κ3) is 4.21. The van der Waals surface area contributed by atoms with Crippen LogP contribution in [0.15, 0.2) is 22.7 Å². The van der Waals surface area contributed by atoms with E-state index in [4.69, 9.17) is 0 Å². The second-order valence-electron chi connectivity index (χ2n) is 4.80. The Kier molecular flexibility index (Phi) is 5.30. The first-order chi connectivity index (χ1) is 8.20. The molecule has 1 nitrogen and oxygen atoms in total. The SMILES string of the molecule is CCNC(CCC1CC1)c1cc(Br)ccc1I. The van der Waals surface area contributed by atoms with Gasteiger partial charge in [-0.15, -0.1) is 0 Å². The largest absolute Gasteiger partial charge is 0.310 e. The Hall–Kier alpha value is 0.390.